The lowest BCUT2D eigenvalue weighted by Crippen LogP contribution is -2.30. The highest BCUT2D eigenvalue weighted by atomic mass is 79.9. The maximum absolute atomic E-state index is 13.1. The van der Waals surface area contributed by atoms with Gasteiger partial charge in [-0.05, 0) is 49.4 Å². The molecule has 94 valence electrons. The van der Waals surface area contributed by atoms with Crippen LogP contribution in [-0.2, 0) is 11.3 Å². The quantitative estimate of drug-likeness (QED) is 0.929. The van der Waals surface area contributed by atoms with Crippen molar-refractivity contribution in [1.29, 1.82) is 0 Å². The van der Waals surface area contributed by atoms with Crippen molar-refractivity contribution >= 4 is 15.9 Å². The second-order valence-corrected chi connectivity index (χ2v) is 5.54. The van der Waals surface area contributed by atoms with E-state index >= 15 is 0 Å². The molecule has 0 heterocycles. The van der Waals surface area contributed by atoms with Crippen LogP contribution in [0.25, 0.3) is 0 Å². The van der Waals surface area contributed by atoms with E-state index in [1.807, 2.05) is 6.07 Å². The summed E-state index contributed by atoms with van der Waals surface area (Å²) in [5, 5.41) is 0. The molecule has 0 spiro atoms. The highest BCUT2D eigenvalue weighted by Gasteiger charge is 2.18. The van der Waals surface area contributed by atoms with E-state index in [-0.39, 0.29) is 11.9 Å². The van der Waals surface area contributed by atoms with Gasteiger partial charge in [-0.3, -0.25) is 0 Å². The van der Waals surface area contributed by atoms with Gasteiger partial charge in [0, 0.05) is 10.5 Å². The molecule has 2 N–H and O–H groups in total. The van der Waals surface area contributed by atoms with Crippen LogP contribution in [0.2, 0.25) is 0 Å². The summed E-state index contributed by atoms with van der Waals surface area (Å²) in [7, 11) is 0. The fourth-order valence-electron chi connectivity index (χ4n) is 2.16. The Hall–Kier alpha value is -0.450. The number of rotatable bonds is 3. The van der Waals surface area contributed by atoms with Crippen LogP contribution in [0.1, 0.15) is 31.2 Å². The third-order valence-electron chi connectivity index (χ3n) is 3.13. The summed E-state index contributed by atoms with van der Waals surface area (Å²) < 4.78 is 19.7. The third kappa shape index (κ3) is 4.05. The van der Waals surface area contributed by atoms with Gasteiger partial charge in [0.15, 0.2) is 0 Å². The minimum atomic E-state index is -0.233. The van der Waals surface area contributed by atoms with Gasteiger partial charge in [0.2, 0.25) is 0 Å². The fraction of sp³-hybridized carbons (Fsp3) is 0.538. The first kappa shape index (κ1) is 13.0. The molecule has 1 aromatic rings. The second-order valence-electron chi connectivity index (χ2n) is 4.63. The molecule has 4 heteroatoms. The molecule has 0 unspecified atom stereocenters. The number of hydrogen-bond donors (Lipinski definition) is 1. The van der Waals surface area contributed by atoms with Crippen LogP contribution in [0, 0.1) is 5.82 Å². The van der Waals surface area contributed by atoms with Crippen molar-refractivity contribution in [2.75, 3.05) is 0 Å². The van der Waals surface area contributed by atoms with E-state index in [0.717, 1.165) is 35.7 Å². The normalized spacial score (nSPS) is 24.9. The van der Waals surface area contributed by atoms with Gasteiger partial charge in [0.05, 0.1) is 12.7 Å². The first-order chi connectivity index (χ1) is 8.13. The highest BCUT2D eigenvalue weighted by Crippen LogP contribution is 2.22. The molecular formula is C13H17BrFNO. The topological polar surface area (TPSA) is 35.2 Å². The summed E-state index contributed by atoms with van der Waals surface area (Å²) in [4.78, 5) is 0. The predicted molar refractivity (Wildman–Crippen MR) is 69.1 cm³/mol. The van der Waals surface area contributed by atoms with E-state index in [9.17, 15) is 4.39 Å². The number of hydrogen-bond acceptors (Lipinski definition) is 2. The Balaban J connectivity index is 1.85. The molecule has 1 aliphatic rings. The van der Waals surface area contributed by atoms with Crippen molar-refractivity contribution in [2.24, 2.45) is 5.73 Å². The molecule has 1 aliphatic carbocycles. The molecule has 1 fully saturated rings. The molecule has 0 saturated heterocycles. The Morgan fingerprint density at radius 2 is 1.94 bits per heavy atom. The lowest BCUT2D eigenvalue weighted by molar-refractivity contribution is 0.0137. The van der Waals surface area contributed by atoms with Gasteiger partial charge < -0.3 is 10.5 Å². The summed E-state index contributed by atoms with van der Waals surface area (Å²) in [5.41, 5.74) is 6.70. The van der Waals surface area contributed by atoms with E-state index in [4.69, 9.17) is 10.5 Å². The Kier molecular flexibility index (Phi) is 4.54. The van der Waals surface area contributed by atoms with Crippen LogP contribution in [0.3, 0.4) is 0 Å². The van der Waals surface area contributed by atoms with Gasteiger partial charge in [-0.15, -0.1) is 0 Å². The predicted octanol–water partition coefficient (Wildman–Crippen LogP) is 3.37. The van der Waals surface area contributed by atoms with Crippen LogP contribution in [-0.4, -0.2) is 12.1 Å². The Morgan fingerprint density at radius 1 is 1.24 bits per heavy atom. The van der Waals surface area contributed by atoms with Gasteiger partial charge in [-0.1, -0.05) is 15.9 Å². The van der Waals surface area contributed by atoms with Crippen LogP contribution in [0.4, 0.5) is 4.39 Å². The van der Waals surface area contributed by atoms with Crippen molar-refractivity contribution in [3.05, 3.63) is 34.1 Å². The largest absolute Gasteiger partial charge is 0.374 e. The number of benzene rings is 1. The maximum Gasteiger partial charge on any atom is 0.124 e. The zero-order chi connectivity index (χ0) is 12.3. The van der Waals surface area contributed by atoms with E-state index in [1.165, 1.54) is 12.1 Å². The van der Waals surface area contributed by atoms with Crippen LogP contribution in [0.15, 0.2) is 22.7 Å². The van der Waals surface area contributed by atoms with Gasteiger partial charge >= 0.3 is 0 Å². The van der Waals surface area contributed by atoms with Crippen molar-refractivity contribution in [3.8, 4) is 0 Å². The molecular weight excluding hydrogens is 285 g/mol. The lowest BCUT2D eigenvalue weighted by Gasteiger charge is -2.26. The Morgan fingerprint density at radius 3 is 2.59 bits per heavy atom. The van der Waals surface area contributed by atoms with Gasteiger partial charge in [0.25, 0.3) is 0 Å². The maximum atomic E-state index is 13.1. The number of halogens is 2. The van der Waals surface area contributed by atoms with Gasteiger partial charge in [0.1, 0.15) is 5.82 Å². The van der Waals surface area contributed by atoms with Crippen molar-refractivity contribution in [1.82, 2.24) is 0 Å². The molecule has 1 aromatic carbocycles. The van der Waals surface area contributed by atoms with E-state index < -0.39 is 0 Å². The zero-order valence-corrected chi connectivity index (χ0v) is 11.2. The first-order valence-corrected chi connectivity index (χ1v) is 6.75. The average Bonchev–Trinajstić information content (AvgIpc) is 2.27. The second kappa shape index (κ2) is 5.94. The summed E-state index contributed by atoms with van der Waals surface area (Å²) in [6.45, 7) is 0.469. The number of ether oxygens (including phenoxy) is 1. The SMILES string of the molecule is NC1CCC(OCc2cc(F)cc(Br)c2)CC1. The Labute approximate surface area is 109 Å². The summed E-state index contributed by atoms with van der Waals surface area (Å²) in [6, 6.07) is 5.18. The smallest absolute Gasteiger partial charge is 0.124 e. The number of nitrogens with two attached hydrogens (primary N) is 1. The fourth-order valence-corrected chi connectivity index (χ4v) is 2.68. The molecule has 0 aliphatic heterocycles. The zero-order valence-electron chi connectivity index (χ0n) is 9.66. The lowest BCUT2D eigenvalue weighted by atomic mass is 9.94. The average molecular weight is 302 g/mol. The minimum Gasteiger partial charge on any atom is -0.374 e. The molecule has 0 aromatic heterocycles. The van der Waals surface area contributed by atoms with Crippen LogP contribution in [0.5, 0.6) is 0 Å². The molecule has 0 amide bonds. The van der Waals surface area contributed by atoms with Crippen molar-refractivity contribution < 1.29 is 9.13 Å². The van der Waals surface area contributed by atoms with Crippen molar-refractivity contribution in [3.63, 3.8) is 0 Å². The van der Waals surface area contributed by atoms with Crippen molar-refractivity contribution in [2.45, 2.75) is 44.4 Å². The Bertz CT molecular complexity index is 357. The minimum absolute atomic E-state index is 0.233. The molecule has 1 saturated carbocycles. The monoisotopic (exact) mass is 301 g/mol. The molecule has 0 atom stereocenters. The molecule has 0 radical (unpaired) electrons. The standard InChI is InChI=1S/C13H17BrFNO/c14-10-5-9(6-11(15)7-10)8-17-13-3-1-12(16)2-4-13/h5-7,12-13H,1-4,8,16H2. The summed E-state index contributed by atoms with van der Waals surface area (Å²) in [6.07, 6.45) is 4.35. The summed E-state index contributed by atoms with van der Waals surface area (Å²) in [5.74, 6) is -0.233. The summed E-state index contributed by atoms with van der Waals surface area (Å²) >= 11 is 3.27. The molecule has 17 heavy (non-hydrogen) atoms. The first-order valence-electron chi connectivity index (χ1n) is 5.95. The van der Waals surface area contributed by atoms with Crippen LogP contribution >= 0.6 is 15.9 Å². The molecule has 0 bridgehead atoms. The third-order valence-corrected chi connectivity index (χ3v) is 3.58. The highest BCUT2D eigenvalue weighted by molar-refractivity contribution is 9.10. The van der Waals surface area contributed by atoms with E-state index in [1.54, 1.807) is 0 Å². The molecule has 2 nitrogen and oxygen atoms in total. The van der Waals surface area contributed by atoms with Gasteiger partial charge in [-0.25, -0.2) is 4.39 Å². The van der Waals surface area contributed by atoms with Crippen LogP contribution < -0.4 is 5.73 Å². The van der Waals surface area contributed by atoms with E-state index in [2.05, 4.69) is 15.9 Å². The van der Waals surface area contributed by atoms with Gasteiger partial charge in [-0.2, -0.15) is 0 Å². The molecule has 2 rings (SSSR count). The van der Waals surface area contributed by atoms with E-state index in [0.29, 0.717) is 12.6 Å².